The van der Waals surface area contributed by atoms with Crippen LogP contribution in [-0.4, -0.2) is 12.9 Å². The molecule has 5 heteroatoms. The number of Topliss-reactive ketones (excluding diaryl/α,β-unsaturated/α-hetero) is 1. The minimum Gasteiger partial charge on any atom is -0.497 e. The Morgan fingerprint density at radius 3 is 2.59 bits per heavy atom. The zero-order valence-electron chi connectivity index (χ0n) is 16.1. The van der Waals surface area contributed by atoms with E-state index in [1.165, 1.54) is 0 Å². The molecule has 0 atom stereocenters. The van der Waals surface area contributed by atoms with Crippen LogP contribution in [0.2, 0.25) is 5.02 Å². The molecule has 1 aliphatic heterocycles. The van der Waals surface area contributed by atoms with Gasteiger partial charge in [0.05, 0.1) is 12.7 Å². The number of halogens is 1. The Kier molecular flexibility index (Phi) is 5.28. The minimum absolute atomic E-state index is 0.133. The first-order valence-electron chi connectivity index (χ1n) is 9.13. The molecule has 0 amide bonds. The summed E-state index contributed by atoms with van der Waals surface area (Å²) in [5.74, 6) is 2.09. The van der Waals surface area contributed by atoms with Gasteiger partial charge in [0.2, 0.25) is 5.78 Å². The van der Waals surface area contributed by atoms with E-state index in [4.69, 9.17) is 25.8 Å². The molecule has 0 spiro atoms. The second-order valence-corrected chi connectivity index (χ2v) is 7.18. The molecule has 0 bridgehead atoms. The second kappa shape index (κ2) is 8.02. The summed E-state index contributed by atoms with van der Waals surface area (Å²) in [4.78, 5) is 12.8. The Balaban J connectivity index is 1.55. The molecule has 1 aliphatic rings. The molecular formula is C24H19ClO4. The fourth-order valence-electron chi connectivity index (χ4n) is 3.20. The lowest BCUT2D eigenvalue weighted by Gasteiger charge is -2.10. The number of ketones is 1. The lowest BCUT2D eigenvalue weighted by Crippen LogP contribution is -2.00. The van der Waals surface area contributed by atoms with Gasteiger partial charge in [0.25, 0.3) is 0 Å². The van der Waals surface area contributed by atoms with E-state index in [9.17, 15) is 4.79 Å². The quantitative estimate of drug-likeness (QED) is 0.498. The largest absolute Gasteiger partial charge is 0.497 e. The lowest BCUT2D eigenvalue weighted by atomic mass is 10.0. The van der Waals surface area contributed by atoms with Crippen molar-refractivity contribution in [3.8, 4) is 17.2 Å². The maximum absolute atomic E-state index is 12.8. The molecule has 4 nitrogen and oxygen atoms in total. The number of carbonyl (C=O) groups excluding carboxylic acids is 1. The summed E-state index contributed by atoms with van der Waals surface area (Å²) < 4.78 is 17.0. The van der Waals surface area contributed by atoms with Crippen molar-refractivity contribution in [3.05, 3.63) is 93.7 Å². The van der Waals surface area contributed by atoms with Crippen molar-refractivity contribution in [3.63, 3.8) is 0 Å². The first kappa shape index (κ1) is 19.1. The smallest absolute Gasteiger partial charge is 0.232 e. The maximum atomic E-state index is 12.8. The Morgan fingerprint density at radius 1 is 1.03 bits per heavy atom. The van der Waals surface area contributed by atoms with Gasteiger partial charge in [-0.05, 0) is 60.0 Å². The number of hydrogen-bond acceptors (Lipinski definition) is 4. The van der Waals surface area contributed by atoms with Crippen molar-refractivity contribution >= 4 is 23.5 Å². The average Bonchev–Trinajstić information content (AvgIpc) is 3.04. The normalized spacial score (nSPS) is 13.9. The van der Waals surface area contributed by atoms with Crippen LogP contribution >= 0.6 is 11.6 Å². The van der Waals surface area contributed by atoms with E-state index in [0.717, 1.165) is 22.4 Å². The Bertz CT molecular complexity index is 1100. The molecular weight excluding hydrogens is 388 g/mol. The summed E-state index contributed by atoms with van der Waals surface area (Å²) in [5, 5.41) is 0.641. The highest BCUT2D eigenvalue weighted by atomic mass is 35.5. The molecule has 0 aliphatic carbocycles. The van der Waals surface area contributed by atoms with Crippen molar-refractivity contribution in [1.29, 1.82) is 0 Å². The van der Waals surface area contributed by atoms with Gasteiger partial charge < -0.3 is 14.2 Å². The fraction of sp³-hybridized carbons (Fsp3) is 0.125. The lowest BCUT2D eigenvalue weighted by molar-refractivity contribution is 0.101. The van der Waals surface area contributed by atoms with Gasteiger partial charge in [-0.25, -0.2) is 0 Å². The number of fused-ring (bicyclic) bond motifs is 1. The Labute approximate surface area is 174 Å². The van der Waals surface area contributed by atoms with E-state index in [2.05, 4.69) is 0 Å². The van der Waals surface area contributed by atoms with Crippen LogP contribution in [-0.2, 0) is 6.61 Å². The van der Waals surface area contributed by atoms with Crippen LogP contribution in [0.15, 0.2) is 66.4 Å². The molecule has 4 rings (SSSR count). The van der Waals surface area contributed by atoms with Crippen LogP contribution in [0.1, 0.15) is 27.0 Å². The Morgan fingerprint density at radius 2 is 1.83 bits per heavy atom. The van der Waals surface area contributed by atoms with Crippen LogP contribution in [0.4, 0.5) is 0 Å². The van der Waals surface area contributed by atoms with E-state index in [1.54, 1.807) is 31.4 Å². The van der Waals surface area contributed by atoms with Gasteiger partial charge in [-0.3, -0.25) is 4.79 Å². The van der Waals surface area contributed by atoms with Crippen molar-refractivity contribution < 1.29 is 19.0 Å². The third-order valence-corrected chi connectivity index (χ3v) is 4.90. The average molecular weight is 407 g/mol. The number of hydrogen-bond donors (Lipinski definition) is 0. The maximum Gasteiger partial charge on any atom is 0.232 e. The summed E-state index contributed by atoms with van der Waals surface area (Å²) in [6.45, 7) is 2.26. The first-order valence-corrected chi connectivity index (χ1v) is 9.51. The monoisotopic (exact) mass is 406 g/mol. The van der Waals surface area contributed by atoms with Gasteiger partial charge >= 0.3 is 0 Å². The van der Waals surface area contributed by atoms with Crippen molar-refractivity contribution in [2.75, 3.05) is 7.11 Å². The van der Waals surface area contributed by atoms with Gasteiger partial charge in [-0.2, -0.15) is 0 Å². The van der Waals surface area contributed by atoms with E-state index >= 15 is 0 Å². The van der Waals surface area contributed by atoms with Crippen LogP contribution in [0.3, 0.4) is 0 Å². The molecule has 0 saturated heterocycles. The zero-order valence-corrected chi connectivity index (χ0v) is 16.8. The van der Waals surface area contributed by atoms with Crippen LogP contribution in [0.5, 0.6) is 17.2 Å². The molecule has 146 valence electrons. The molecule has 0 N–H and O–H groups in total. The summed E-state index contributed by atoms with van der Waals surface area (Å²) in [6, 6.07) is 18.5. The summed E-state index contributed by atoms with van der Waals surface area (Å²) in [5.41, 5.74) is 3.21. The zero-order chi connectivity index (χ0) is 20.4. The van der Waals surface area contributed by atoms with Crippen LogP contribution < -0.4 is 14.2 Å². The van der Waals surface area contributed by atoms with Crippen LogP contribution in [0.25, 0.3) is 6.08 Å². The van der Waals surface area contributed by atoms with Crippen molar-refractivity contribution in [2.24, 2.45) is 0 Å². The van der Waals surface area contributed by atoms with E-state index in [1.807, 2.05) is 49.4 Å². The number of benzene rings is 3. The van der Waals surface area contributed by atoms with Gasteiger partial charge in [-0.15, -0.1) is 0 Å². The van der Waals surface area contributed by atoms with Gasteiger partial charge in [-0.1, -0.05) is 35.9 Å². The molecule has 0 fully saturated rings. The molecule has 0 radical (unpaired) electrons. The fourth-order valence-corrected chi connectivity index (χ4v) is 3.33. The topological polar surface area (TPSA) is 44.8 Å². The number of methoxy groups -OCH3 is 1. The number of rotatable bonds is 5. The summed E-state index contributed by atoms with van der Waals surface area (Å²) >= 11 is 5.92. The van der Waals surface area contributed by atoms with Gasteiger partial charge in [0, 0.05) is 11.1 Å². The number of aryl methyl sites for hydroxylation is 1. The van der Waals surface area contributed by atoms with Gasteiger partial charge in [0.1, 0.15) is 23.9 Å². The number of ether oxygens (including phenoxy) is 3. The van der Waals surface area contributed by atoms with E-state index in [-0.39, 0.29) is 11.5 Å². The number of allylic oxidation sites excluding steroid dienone is 1. The third kappa shape index (κ3) is 4.13. The molecule has 0 unspecified atom stereocenters. The van der Waals surface area contributed by atoms with Crippen molar-refractivity contribution in [2.45, 2.75) is 13.5 Å². The highest BCUT2D eigenvalue weighted by Gasteiger charge is 2.30. The molecule has 29 heavy (non-hydrogen) atoms. The standard InChI is InChI=1S/C24H19ClO4/c1-15-10-20(28-14-17-4-3-5-19(11-17)27-2)13-21-23(15)24(26)22(29-21)12-16-6-8-18(25)9-7-16/h3-13H,14H2,1-2H3/b22-12-. The molecule has 0 saturated carbocycles. The van der Waals surface area contributed by atoms with Crippen molar-refractivity contribution in [1.82, 2.24) is 0 Å². The molecule has 3 aromatic rings. The molecule has 1 heterocycles. The third-order valence-electron chi connectivity index (χ3n) is 4.65. The summed E-state index contributed by atoms with van der Waals surface area (Å²) in [7, 11) is 1.63. The van der Waals surface area contributed by atoms with Crippen LogP contribution in [0, 0.1) is 6.92 Å². The Hall–Kier alpha value is -3.24. The highest BCUT2D eigenvalue weighted by Crippen LogP contribution is 2.37. The van der Waals surface area contributed by atoms with Gasteiger partial charge in [0.15, 0.2) is 5.76 Å². The van der Waals surface area contributed by atoms with E-state index in [0.29, 0.717) is 28.7 Å². The minimum atomic E-state index is -0.133. The molecule has 3 aromatic carbocycles. The number of carbonyl (C=O) groups is 1. The SMILES string of the molecule is COc1cccc(COc2cc(C)c3c(c2)O/C(=C\c2ccc(Cl)cc2)C3=O)c1. The summed E-state index contributed by atoms with van der Waals surface area (Å²) in [6.07, 6.45) is 1.72. The predicted octanol–water partition coefficient (Wildman–Crippen LogP) is 5.85. The highest BCUT2D eigenvalue weighted by molar-refractivity contribution is 6.30. The molecule has 0 aromatic heterocycles. The second-order valence-electron chi connectivity index (χ2n) is 6.74. The first-order chi connectivity index (χ1) is 14.0. The van der Waals surface area contributed by atoms with E-state index < -0.39 is 0 Å². The predicted molar refractivity (Wildman–Crippen MR) is 113 cm³/mol.